The van der Waals surface area contributed by atoms with Crippen molar-refractivity contribution in [3.8, 4) is 0 Å². The fourth-order valence-corrected chi connectivity index (χ4v) is 2.75. The van der Waals surface area contributed by atoms with Gasteiger partial charge >= 0.3 is 0 Å². The Morgan fingerprint density at radius 1 is 0.950 bits per heavy atom. The van der Waals surface area contributed by atoms with Gasteiger partial charge in [0, 0.05) is 15.6 Å². The van der Waals surface area contributed by atoms with Crippen molar-refractivity contribution in [1.82, 2.24) is 0 Å². The summed E-state index contributed by atoms with van der Waals surface area (Å²) in [7, 11) is 0. The largest absolute Gasteiger partial charge is 0.492 e. The van der Waals surface area contributed by atoms with Gasteiger partial charge in [0.2, 0.25) is 11.6 Å². The van der Waals surface area contributed by atoms with Gasteiger partial charge in [0.05, 0.1) is 5.71 Å². The minimum absolute atomic E-state index is 0.00571. The first-order chi connectivity index (χ1) is 9.62. The van der Waals surface area contributed by atoms with Crippen LogP contribution in [0, 0.1) is 0 Å². The number of nitrogens with zero attached hydrogens (tertiary/aromatic N) is 2. The maximum absolute atomic E-state index is 9.93. The SMILES string of the molecule is CC1=NC(c2ccccc2)(c2cccc(Br)c2)N=C1O. The second kappa shape index (κ2) is 4.87. The minimum atomic E-state index is -0.890. The molecule has 2 aromatic carbocycles. The molecule has 1 aliphatic heterocycles. The lowest BCUT2D eigenvalue weighted by molar-refractivity contribution is 0.531. The molecule has 4 heteroatoms. The molecule has 0 spiro atoms. The third-order valence-electron chi connectivity index (χ3n) is 3.32. The van der Waals surface area contributed by atoms with Crippen LogP contribution in [0.5, 0.6) is 0 Å². The highest BCUT2D eigenvalue weighted by Crippen LogP contribution is 2.39. The monoisotopic (exact) mass is 328 g/mol. The van der Waals surface area contributed by atoms with Crippen LogP contribution in [0.1, 0.15) is 18.1 Å². The van der Waals surface area contributed by atoms with Crippen molar-refractivity contribution in [3.05, 3.63) is 70.2 Å². The van der Waals surface area contributed by atoms with Gasteiger partial charge in [0.15, 0.2) is 0 Å². The molecule has 3 rings (SSSR count). The fourth-order valence-electron chi connectivity index (χ4n) is 2.35. The quantitative estimate of drug-likeness (QED) is 0.886. The summed E-state index contributed by atoms with van der Waals surface area (Å²) < 4.78 is 0.958. The molecule has 2 aromatic rings. The van der Waals surface area contributed by atoms with Gasteiger partial charge in [0.1, 0.15) is 0 Å². The third-order valence-corrected chi connectivity index (χ3v) is 3.82. The van der Waals surface area contributed by atoms with E-state index in [9.17, 15) is 5.11 Å². The number of halogens is 1. The molecule has 1 aliphatic rings. The van der Waals surface area contributed by atoms with Crippen LogP contribution in [0.2, 0.25) is 0 Å². The van der Waals surface area contributed by atoms with Crippen molar-refractivity contribution in [3.63, 3.8) is 0 Å². The van der Waals surface area contributed by atoms with Gasteiger partial charge in [-0.3, -0.25) is 0 Å². The average molecular weight is 329 g/mol. The molecule has 1 N–H and O–H groups in total. The predicted molar refractivity (Wildman–Crippen MR) is 84.5 cm³/mol. The van der Waals surface area contributed by atoms with Gasteiger partial charge in [-0.1, -0.05) is 58.4 Å². The van der Waals surface area contributed by atoms with Crippen LogP contribution in [0.4, 0.5) is 0 Å². The number of aliphatic imine (C=N–C) groups is 2. The molecule has 0 aliphatic carbocycles. The number of hydrogen-bond acceptors (Lipinski definition) is 2. The Balaban J connectivity index is 2.26. The summed E-state index contributed by atoms with van der Waals surface area (Å²) >= 11 is 3.48. The van der Waals surface area contributed by atoms with Crippen LogP contribution in [-0.4, -0.2) is 16.7 Å². The second-order valence-electron chi connectivity index (χ2n) is 4.68. The molecular formula is C16H13BrN2O. The highest BCUT2D eigenvalue weighted by atomic mass is 79.9. The zero-order chi connectivity index (χ0) is 14.2. The smallest absolute Gasteiger partial charge is 0.230 e. The van der Waals surface area contributed by atoms with E-state index < -0.39 is 5.66 Å². The van der Waals surface area contributed by atoms with Gasteiger partial charge in [-0.05, 0) is 19.1 Å². The number of aliphatic hydroxyl groups is 1. The molecule has 20 heavy (non-hydrogen) atoms. The van der Waals surface area contributed by atoms with E-state index in [4.69, 9.17) is 0 Å². The zero-order valence-electron chi connectivity index (χ0n) is 10.9. The van der Waals surface area contributed by atoms with Gasteiger partial charge in [-0.25, -0.2) is 9.98 Å². The first kappa shape index (κ1) is 13.1. The van der Waals surface area contributed by atoms with E-state index in [0.717, 1.165) is 15.6 Å². The van der Waals surface area contributed by atoms with E-state index in [-0.39, 0.29) is 5.90 Å². The van der Waals surface area contributed by atoms with Crippen molar-refractivity contribution in [1.29, 1.82) is 0 Å². The molecule has 0 aromatic heterocycles. The summed E-state index contributed by atoms with van der Waals surface area (Å²) in [5.41, 5.74) is 1.51. The molecule has 0 amide bonds. The standard InChI is InChI=1S/C16H13BrN2O/c1-11-15(20)19-16(18-11,12-6-3-2-4-7-12)13-8-5-9-14(17)10-13/h2-10H,1H3,(H,19,20). The first-order valence-corrected chi connectivity index (χ1v) is 7.08. The zero-order valence-corrected chi connectivity index (χ0v) is 12.5. The first-order valence-electron chi connectivity index (χ1n) is 6.29. The summed E-state index contributed by atoms with van der Waals surface area (Å²) in [6.45, 7) is 1.77. The number of benzene rings is 2. The van der Waals surface area contributed by atoms with Crippen molar-refractivity contribution >= 4 is 27.5 Å². The summed E-state index contributed by atoms with van der Waals surface area (Å²) in [5.74, 6) is -0.00571. The highest BCUT2D eigenvalue weighted by molar-refractivity contribution is 9.10. The molecule has 0 saturated carbocycles. The van der Waals surface area contributed by atoms with Crippen LogP contribution in [0.3, 0.4) is 0 Å². The maximum atomic E-state index is 9.93. The van der Waals surface area contributed by atoms with Gasteiger partial charge in [0.25, 0.3) is 0 Å². The molecular weight excluding hydrogens is 316 g/mol. The molecule has 1 heterocycles. The fraction of sp³-hybridized carbons (Fsp3) is 0.125. The summed E-state index contributed by atoms with van der Waals surface area (Å²) in [4.78, 5) is 9.06. The Morgan fingerprint density at radius 3 is 2.25 bits per heavy atom. The van der Waals surface area contributed by atoms with Crippen LogP contribution in [0.25, 0.3) is 0 Å². The van der Waals surface area contributed by atoms with Crippen LogP contribution in [-0.2, 0) is 5.66 Å². The van der Waals surface area contributed by atoms with E-state index in [0.29, 0.717) is 5.71 Å². The summed E-state index contributed by atoms with van der Waals surface area (Å²) in [6, 6.07) is 17.6. The van der Waals surface area contributed by atoms with Crippen molar-refractivity contribution < 1.29 is 5.11 Å². The van der Waals surface area contributed by atoms with Crippen molar-refractivity contribution in [2.75, 3.05) is 0 Å². The predicted octanol–water partition coefficient (Wildman–Crippen LogP) is 4.08. The van der Waals surface area contributed by atoms with E-state index in [2.05, 4.69) is 25.9 Å². The lowest BCUT2D eigenvalue weighted by Crippen LogP contribution is -2.21. The Hall–Kier alpha value is -1.94. The van der Waals surface area contributed by atoms with E-state index in [1.807, 2.05) is 54.6 Å². The lowest BCUT2D eigenvalue weighted by Gasteiger charge is -2.24. The number of aliphatic hydroxyl groups excluding tert-OH is 1. The normalized spacial score (nSPS) is 21.5. The summed E-state index contributed by atoms with van der Waals surface area (Å²) in [5, 5.41) is 9.93. The Morgan fingerprint density at radius 2 is 1.65 bits per heavy atom. The Kier molecular flexibility index (Phi) is 3.18. The molecule has 3 nitrogen and oxygen atoms in total. The highest BCUT2D eigenvalue weighted by Gasteiger charge is 2.38. The molecule has 1 atom stereocenters. The average Bonchev–Trinajstić information content (AvgIpc) is 2.77. The maximum Gasteiger partial charge on any atom is 0.230 e. The van der Waals surface area contributed by atoms with Gasteiger partial charge in [-0.2, -0.15) is 0 Å². The molecule has 0 bridgehead atoms. The topological polar surface area (TPSA) is 45.0 Å². The van der Waals surface area contributed by atoms with Crippen LogP contribution >= 0.6 is 15.9 Å². The van der Waals surface area contributed by atoms with E-state index in [1.54, 1.807) is 6.92 Å². The molecule has 100 valence electrons. The molecule has 0 radical (unpaired) electrons. The number of rotatable bonds is 2. The summed E-state index contributed by atoms with van der Waals surface area (Å²) in [6.07, 6.45) is 0. The van der Waals surface area contributed by atoms with Crippen LogP contribution in [0.15, 0.2) is 69.1 Å². The number of hydrogen-bond donors (Lipinski definition) is 1. The van der Waals surface area contributed by atoms with Gasteiger partial charge in [-0.15, -0.1) is 0 Å². The Labute approximate surface area is 125 Å². The third kappa shape index (κ3) is 2.06. The van der Waals surface area contributed by atoms with E-state index in [1.165, 1.54) is 0 Å². The van der Waals surface area contributed by atoms with Crippen LogP contribution < -0.4 is 0 Å². The molecule has 1 unspecified atom stereocenters. The van der Waals surface area contributed by atoms with Gasteiger partial charge < -0.3 is 5.11 Å². The van der Waals surface area contributed by atoms with Crippen molar-refractivity contribution in [2.24, 2.45) is 9.98 Å². The minimum Gasteiger partial charge on any atom is -0.492 e. The second-order valence-corrected chi connectivity index (χ2v) is 5.60. The Bertz CT molecular complexity index is 689. The molecule has 0 fully saturated rings. The van der Waals surface area contributed by atoms with E-state index >= 15 is 0 Å². The molecule has 0 saturated heterocycles. The lowest BCUT2D eigenvalue weighted by atomic mass is 9.92. The van der Waals surface area contributed by atoms with Crippen molar-refractivity contribution in [2.45, 2.75) is 12.6 Å².